The molecule has 6 heteroatoms. The Morgan fingerprint density at radius 1 is 1.10 bits per heavy atom. The molecule has 2 heterocycles. The van der Waals surface area contributed by atoms with Crippen LogP contribution < -0.4 is 5.32 Å². The Labute approximate surface area is 178 Å². The molecule has 5 rings (SSSR count). The zero-order valence-corrected chi connectivity index (χ0v) is 17.4. The van der Waals surface area contributed by atoms with E-state index in [2.05, 4.69) is 15.3 Å². The zero-order chi connectivity index (χ0) is 20.7. The topological polar surface area (TPSA) is 74.8 Å². The highest BCUT2D eigenvalue weighted by Gasteiger charge is 2.25. The van der Waals surface area contributed by atoms with Crippen molar-refractivity contribution in [3.05, 3.63) is 71.4 Å². The number of benzene rings is 2. The summed E-state index contributed by atoms with van der Waals surface area (Å²) in [4.78, 5) is 33.7. The minimum absolute atomic E-state index is 0.0499. The second-order valence-electron chi connectivity index (χ2n) is 7.66. The van der Waals surface area contributed by atoms with Gasteiger partial charge in [0.2, 0.25) is 0 Å². The molecule has 1 aliphatic carbocycles. The van der Waals surface area contributed by atoms with Crippen molar-refractivity contribution in [3.63, 3.8) is 0 Å². The van der Waals surface area contributed by atoms with Crippen LogP contribution in [0.5, 0.6) is 0 Å². The van der Waals surface area contributed by atoms with Gasteiger partial charge in [-0.1, -0.05) is 48.2 Å². The van der Waals surface area contributed by atoms with Gasteiger partial charge in [-0.3, -0.25) is 9.59 Å². The third kappa shape index (κ3) is 3.59. The third-order valence-corrected chi connectivity index (χ3v) is 6.28. The molecule has 0 atom stereocenters. The largest absolute Gasteiger partial charge is 0.358 e. The Morgan fingerprint density at radius 2 is 1.83 bits per heavy atom. The summed E-state index contributed by atoms with van der Waals surface area (Å²) < 4.78 is 0. The molecule has 1 fully saturated rings. The van der Waals surface area contributed by atoms with Crippen molar-refractivity contribution in [1.29, 1.82) is 0 Å². The average molecular weight is 416 g/mol. The number of pyridine rings is 1. The number of amides is 1. The van der Waals surface area contributed by atoms with Gasteiger partial charge in [-0.15, -0.1) is 0 Å². The molecule has 2 aromatic heterocycles. The van der Waals surface area contributed by atoms with Crippen molar-refractivity contribution in [2.75, 3.05) is 5.75 Å². The van der Waals surface area contributed by atoms with Gasteiger partial charge in [0.05, 0.1) is 21.9 Å². The van der Waals surface area contributed by atoms with Crippen LogP contribution in [0.2, 0.25) is 0 Å². The van der Waals surface area contributed by atoms with Crippen molar-refractivity contribution in [1.82, 2.24) is 15.3 Å². The van der Waals surface area contributed by atoms with Crippen LogP contribution >= 0.6 is 11.8 Å². The number of hydrogen-bond donors (Lipinski definition) is 2. The van der Waals surface area contributed by atoms with Crippen LogP contribution in [0.15, 0.2) is 59.6 Å². The predicted molar refractivity (Wildman–Crippen MR) is 120 cm³/mol. The average Bonchev–Trinajstić information content (AvgIpc) is 3.50. The second kappa shape index (κ2) is 7.61. The fourth-order valence-corrected chi connectivity index (χ4v) is 4.54. The van der Waals surface area contributed by atoms with Crippen molar-refractivity contribution >= 4 is 45.3 Å². The van der Waals surface area contributed by atoms with E-state index in [1.165, 1.54) is 11.8 Å². The summed E-state index contributed by atoms with van der Waals surface area (Å²) in [5.41, 5.74) is 3.94. The van der Waals surface area contributed by atoms with Crippen molar-refractivity contribution in [3.8, 4) is 0 Å². The number of Topliss-reactive ketones (excluding diaryl/α,β-unsaturated/α-hetero) is 1. The normalized spacial score (nSPS) is 13.6. The van der Waals surface area contributed by atoms with Crippen molar-refractivity contribution in [2.24, 2.45) is 0 Å². The van der Waals surface area contributed by atoms with E-state index < -0.39 is 0 Å². The number of rotatable bonds is 6. The fourth-order valence-electron chi connectivity index (χ4n) is 3.75. The number of aromatic amines is 1. The van der Waals surface area contributed by atoms with Crippen molar-refractivity contribution in [2.45, 2.75) is 30.8 Å². The molecular formula is C24H21N3O2S. The summed E-state index contributed by atoms with van der Waals surface area (Å²) in [5.74, 6) is 0.239. The Hall–Kier alpha value is -3.12. The highest BCUT2D eigenvalue weighted by Crippen LogP contribution is 2.28. The van der Waals surface area contributed by atoms with Gasteiger partial charge in [0, 0.05) is 33.6 Å². The van der Waals surface area contributed by atoms with E-state index >= 15 is 0 Å². The summed E-state index contributed by atoms with van der Waals surface area (Å²) in [6.45, 7) is 1.92. The number of thioether (sulfide) groups is 1. The number of hydrogen-bond acceptors (Lipinski definition) is 4. The first kappa shape index (κ1) is 18.9. The van der Waals surface area contributed by atoms with Crippen LogP contribution in [0.1, 0.15) is 39.3 Å². The maximum Gasteiger partial charge on any atom is 0.252 e. The summed E-state index contributed by atoms with van der Waals surface area (Å²) in [7, 11) is 0. The number of carbonyl (C=O) groups excluding carboxylic acids is 2. The fraction of sp³-hybridized carbons (Fsp3) is 0.208. The lowest BCUT2D eigenvalue weighted by Gasteiger charge is -2.10. The molecule has 1 aliphatic rings. The van der Waals surface area contributed by atoms with Gasteiger partial charge in [0.15, 0.2) is 5.78 Å². The SMILES string of the molecule is Cc1[nH]c2ccccc2c1C(=O)CSc1cc(C(=O)NC2CC2)c2ccccc2n1. The number of carbonyl (C=O) groups is 2. The summed E-state index contributed by atoms with van der Waals surface area (Å²) in [5, 5.41) is 5.51. The molecule has 1 amide bonds. The molecule has 30 heavy (non-hydrogen) atoms. The zero-order valence-electron chi connectivity index (χ0n) is 16.6. The van der Waals surface area contributed by atoms with E-state index in [0.29, 0.717) is 10.6 Å². The Bertz CT molecular complexity index is 1290. The number of aromatic nitrogens is 2. The van der Waals surface area contributed by atoms with Gasteiger partial charge >= 0.3 is 0 Å². The molecule has 0 bridgehead atoms. The smallest absolute Gasteiger partial charge is 0.252 e. The van der Waals surface area contributed by atoms with Crippen molar-refractivity contribution < 1.29 is 9.59 Å². The van der Waals surface area contributed by atoms with Gasteiger partial charge in [0.1, 0.15) is 0 Å². The first-order chi connectivity index (χ1) is 14.6. The van der Waals surface area contributed by atoms with Crippen LogP contribution in [0.25, 0.3) is 21.8 Å². The number of para-hydroxylation sites is 2. The van der Waals surface area contributed by atoms with E-state index in [1.54, 1.807) is 6.07 Å². The van der Waals surface area contributed by atoms with E-state index in [4.69, 9.17) is 0 Å². The Morgan fingerprint density at radius 3 is 2.63 bits per heavy atom. The summed E-state index contributed by atoms with van der Waals surface area (Å²) in [6, 6.07) is 17.6. The molecule has 2 aromatic carbocycles. The number of ketones is 1. The Kier molecular flexibility index (Phi) is 4.79. The van der Waals surface area contributed by atoms with Gasteiger partial charge < -0.3 is 10.3 Å². The van der Waals surface area contributed by atoms with Gasteiger partial charge in [-0.2, -0.15) is 0 Å². The van der Waals surface area contributed by atoms with E-state index in [0.717, 1.165) is 45.9 Å². The third-order valence-electron chi connectivity index (χ3n) is 5.37. The molecule has 2 N–H and O–H groups in total. The standard InChI is InChI=1S/C24H21N3O2S/c1-14-23(17-7-3-5-9-20(17)25-14)21(28)13-30-22-12-18(24(29)26-15-10-11-15)16-6-2-4-8-19(16)27-22/h2-9,12,15,25H,10-11,13H2,1H3,(H,26,29). The molecular weight excluding hydrogens is 394 g/mol. The minimum atomic E-state index is -0.0725. The predicted octanol–water partition coefficient (Wildman–Crippen LogP) is 4.89. The van der Waals surface area contributed by atoms with Crippen LogP contribution in [0.3, 0.4) is 0 Å². The van der Waals surface area contributed by atoms with Gasteiger partial charge in [-0.25, -0.2) is 4.98 Å². The number of nitrogens with one attached hydrogen (secondary N) is 2. The second-order valence-corrected chi connectivity index (χ2v) is 8.65. The molecule has 0 radical (unpaired) electrons. The van der Waals surface area contributed by atoms with E-state index in [9.17, 15) is 9.59 Å². The quantitative estimate of drug-likeness (QED) is 0.347. The number of nitrogens with zero attached hydrogens (tertiary/aromatic N) is 1. The monoisotopic (exact) mass is 415 g/mol. The number of H-pyrrole nitrogens is 1. The number of fused-ring (bicyclic) bond motifs is 2. The van der Waals surface area contributed by atoms with Gasteiger partial charge in [0.25, 0.3) is 5.91 Å². The van der Waals surface area contributed by atoms with Crippen LogP contribution in [0.4, 0.5) is 0 Å². The van der Waals surface area contributed by atoms with E-state index in [-0.39, 0.29) is 23.5 Å². The minimum Gasteiger partial charge on any atom is -0.358 e. The lowest BCUT2D eigenvalue weighted by Crippen LogP contribution is -2.25. The Balaban J connectivity index is 1.43. The lowest BCUT2D eigenvalue weighted by atomic mass is 10.1. The number of aryl methyl sites for hydroxylation is 1. The molecule has 0 unspecified atom stereocenters. The molecule has 0 aliphatic heterocycles. The molecule has 4 aromatic rings. The van der Waals surface area contributed by atoms with Crippen LogP contribution in [-0.2, 0) is 0 Å². The van der Waals surface area contributed by atoms with Gasteiger partial charge in [-0.05, 0) is 38.0 Å². The lowest BCUT2D eigenvalue weighted by molar-refractivity contribution is 0.0951. The molecule has 1 saturated carbocycles. The first-order valence-electron chi connectivity index (χ1n) is 10.0. The molecule has 0 saturated heterocycles. The highest BCUT2D eigenvalue weighted by molar-refractivity contribution is 7.99. The summed E-state index contributed by atoms with van der Waals surface area (Å²) in [6.07, 6.45) is 2.07. The highest BCUT2D eigenvalue weighted by atomic mass is 32.2. The maximum atomic E-state index is 13.0. The van der Waals surface area contributed by atoms with Crippen LogP contribution in [0, 0.1) is 6.92 Å². The first-order valence-corrected chi connectivity index (χ1v) is 11.0. The van der Waals surface area contributed by atoms with Crippen LogP contribution in [-0.4, -0.2) is 33.5 Å². The molecule has 0 spiro atoms. The molecule has 5 nitrogen and oxygen atoms in total. The van der Waals surface area contributed by atoms with E-state index in [1.807, 2.05) is 55.5 Å². The maximum absolute atomic E-state index is 13.0. The summed E-state index contributed by atoms with van der Waals surface area (Å²) >= 11 is 1.37. The molecule has 150 valence electrons.